The van der Waals surface area contributed by atoms with Crippen molar-refractivity contribution in [1.82, 2.24) is 19.4 Å². The van der Waals surface area contributed by atoms with E-state index in [9.17, 15) is 4.79 Å². The molecular weight excluding hydrogens is 268 g/mol. The summed E-state index contributed by atoms with van der Waals surface area (Å²) in [5.41, 5.74) is 2.30. The Bertz CT molecular complexity index is 522. The monoisotopic (exact) mass is 292 g/mol. The molecule has 6 nitrogen and oxygen atoms in total. The van der Waals surface area contributed by atoms with E-state index in [1.165, 1.54) is 18.5 Å². The SMILES string of the molecule is COC[C@@H]1CN(C(=O)N(C)C)Cc2ncn(CC3CC3)c21. The van der Waals surface area contributed by atoms with Gasteiger partial charge in [-0.1, -0.05) is 0 Å². The fraction of sp³-hybridized carbons (Fsp3) is 0.733. The molecule has 3 rings (SSSR count). The van der Waals surface area contributed by atoms with E-state index in [2.05, 4.69) is 9.55 Å². The number of rotatable bonds is 4. The minimum atomic E-state index is 0.0403. The molecule has 2 aliphatic rings. The summed E-state index contributed by atoms with van der Waals surface area (Å²) in [4.78, 5) is 20.3. The lowest BCUT2D eigenvalue weighted by molar-refractivity contribution is 0.127. The zero-order valence-electron chi connectivity index (χ0n) is 13.1. The number of imidazole rings is 1. The number of hydrogen-bond acceptors (Lipinski definition) is 3. The molecule has 0 radical (unpaired) electrons. The summed E-state index contributed by atoms with van der Waals surface area (Å²) in [5.74, 6) is 1.02. The van der Waals surface area contributed by atoms with Crippen LogP contribution >= 0.6 is 0 Å². The zero-order chi connectivity index (χ0) is 15.0. The predicted octanol–water partition coefficient (Wildman–Crippen LogP) is 1.52. The molecule has 1 aliphatic heterocycles. The molecule has 0 aromatic carbocycles. The largest absolute Gasteiger partial charge is 0.384 e. The van der Waals surface area contributed by atoms with E-state index in [0.29, 0.717) is 19.7 Å². The number of nitrogens with zero attached hydrogens (tertiary/aromatic N) is 4. The number of aromatic nitrogens is 2. The van der Waals surface area contributed by atoms with Crippen molar-refractivity contribution < 1.29 is 9.53 Å². The van der Waals surface area contributed by atoms with Gasteiger partial charge in [0.1, 0.15) is 0 Å². The first-order chi connectivity index (χ1) is 10.1. The summed E-state index contributed by atoms with van der Waals surface area (Å²) in [5, 5.41) is 0. The van der Waals surface area contributed by atoms with Crippen molar-refractivity contribution in [3.05, 3.63) is 17.7 Å². The van der Waals surface area contributed by atoms with Gasteiger partial charge in [0, 0.05) is 45.9 Å². The van der Waals surface area contributed by atoms with Crippen molar-refractivity contribution in [3.8, 4) is 0 Å². The Morgan fingerprint density at radius 2 is 2.24 bits per heavy atom. The van der Waals surface area contributed by atoms with Crippen LogP contribution in [0.4, 0.5) is 4.79 Å². The summed E-state index contributed by atoms with van der Waals surface area (Å²) in [7, 11) is 5.29. The minimum Gasteiger partial charge on any atom is -0.384 e. The Morgan fingerprint density at radius 3 is 2.86 bits per heavy atom. The van der Waals surface area contributed by atoms with Gasteiger partial charge >= 0.3 is 6.03 Å². The summed E-state index contributed by atoms with van der Waals surface area (Å²) < 4.78 is 7.66. The topological polar surface area (TPSA) is 50.6 Å². The molecule has 21 heavy (non-hydrogen) atoms. The van der Waals surface area contributed by atoms with E-state index in [4.69, 9.17) is 4.74 Å². The number of urea groups is 1. The average Bonchev–Trinajstić information content (AvgIpc) is 3.18. The normalized spacial score (nSPS) is 21.3. The van der Waals surface area contributed by atoms with Crippen LogP contribution in [0.1, 0.15) is 30.1 Å². The third-order valence-corrected chi connectivity index (χ3v) is 4.30. The summed E-state index contributed by atoms with van der Waals surface area (Å²) in [6.07, 6.45) is 4.59. The number of carbonyl (C=O) groups excluding carboxylic acids is 1. The number of fused-ring (bicyclic) bond motifs is 1. The fourth-order valence-corrected chi connectivity index (χ4v) is 3.11. The van der Waals surface area contributed by atoms with Gasteiger partial charge < -0.3 is 19.1 Å². The van der Waals surface area contributed by atoms with E-state index >= 15 is 0 Å². The number of hydrogen-bond donors (Lipinski definition) is 0. The molecule has 116 valence electrons. The maximum atomic E-state index is 12.2. The van der Waals surface area contributed by atoms with Gasteiger partial charge in [0.2, 0.25) is 0 Å². The average molecular weight is 292 g/mol. The van der Waals surface area contributed by atoms with E-state index < -0.39 is 0 Å². The lowest BCUT2D eigenvalue weighted by atomic mass is 9.99. The first-order valence-corrected chi connectivity index (χ1v) is 7.59. The van der Waals surface area contributed by atoms with Gasteiger partial charge in [-0.25, -0.2) is 9.78 Å². The van der Waals surface area contributed by atoms with Crippen LogP contribution in [-0.4, -0.2) is 59.7 Å². The highest BCUT2D eigenvalue weighted by atomic mass is 16.5. The maximum absolute atomic E-state index is 12.2. The predicted molar refractivity (Wildman–Crippen MR) is 79.1 cm³/mol. The van der Waals surface area contributed by atoms with Crippen molar-refractivity contribution in [3.63, 3.8) is 0 Å². The van der Waals surface area contributed by atoms with Crippen LogP contribution in [-0.2, 0) is 17.8 Å². The third-order valence-electron chi connectivity index (χ3n) is 4.30. The molecule has 2 amide bonds. The van der Waals surface area contributed by atoms with Crippen LogP contribution in [0.5, 0.6) is 0 Å². The van der Waals surface area contributed by atoms with Crippen LogP contribution in [0.3, 0.4) is 0 Å². The molecule has 1 aliphatic carbocycles. The highest BCUT2D eigenvalue weighted by Crippen LogP contribution is 2.34. The van der Waals surface area contributed by atoms with Gasteiger partial charge in [0.25, 0.3) is 0 Å². The van der Waals surface area contributed by atoms with E-state index in [1.54, 1.807) is 26.1 Å². The highest BCUT2D eigenvalue weighted by Gasteiger charge is 2.33. The minimum absolute atomic E-state index is 0.0403. The van der Waals surface area contributed by atoms with Crippen molar-refractivity contribution in [2.24, 2.45) is 5.92 Å². The van der Waals surface area contributed by atoms with Crippen molar-refractivity contribution in [1.29, 1.82) is 0 Å². The molecular formula is C15H24N4O2. The zero-order valence-corrected chi connectivity index (χ0v) is 13.1. The standard InChI is InChI=1S/C15H24N4O2/c1-17(2)15(20)18-7-12(9-21-3)14-13(8-18)16-10-19(14)6-11-4-5-11/h10-12H,4-9H2,1-3H3/t12-/m0/s1. The van der Waals surface area contributed by atoms with E-state index in [1.807, 2.05) is 11.2 Å². The van der Waals surface area contributed by atoms with Crippen LogP contribution in [0.25, 0.3) is 0 Å². The summed E-state index contributed by atoms with van der Waals surface area (Å²) >= 11 is 0. The maximum Gasteiger partial charge on any atom is 0.319 e. The Balaban J connectivity index is 1.84. The number of methoxy groups -OCH3 is 1. The molecule has 0 bridgehead atoms. The lowest BCUT2D eigenvalue weighted by Crippen LogP contribution is -2.44. The van der Waals surface area contributed by atoms with Crippen molar-refractivity contribution in [2.45, 2.75) is 31.8 Å². The Morgan fingerprint density at radius 1 is 1.48 bits per heavy atom. The number of amides is 2. The molecule has 1 aromatic rings. The molecule has 2 heterocycles. The van der Waals surface area contributed by atoms with Crippen molar-refractivity contribution >= 4 is 6.03 Å². The van der Waals surface area contributed by atoms with Crippen LogP contribution in [0.15, 0.2) is 6.33 Å². The number of ether oxygens (including phenoxy) is 1. The lowest BCUT2D eigenvalue weighted by Gasteiger charge is -2.34. The second-order valence-electron chi connectivity index (χ2n) is 6.38. The Hall–Kier alpha value is -1.56. The molecule has 1 atom stereocenters. The fourth-order valence-electron chi connectivity index (χ4n) is 3.11. The van der Waals surface area contributed by atoms with Gasteiger partial charge in [-0.05, 0) is 18.8 Å². The van der Waals surface area contributed by atoms with Gasteiger partial charge in [-0.3, -0.25) is 0 Å². The van der Waals surface area contributed by atoms with Crippen LogP contribution in [0, 0.1) is 5.92 Å². The van der Waals surface area contributed by atoms with Gasteiger partial charge in [-0.2, -0.15) is 0 Å². The highest BCUT2D eigenvalue weighted by molar-refractivity contribution is 5.74. The van der Waals surface area contributed by atoms with Gasteiger partial charge in [0.05, 0.1) is 25.2 Å². The number of carbonyl (C=O) groups is 1. The van der Waals surface area contributed by atoms with E-state index in [0.717, 1.165) is 18.2 Å². The second-order valence-corrected chi connectivity index (χ2v) is 6.38. The van der Waals surface area contributed by atoms with Gasteiger partial charge in [0.15, 0.2) is 0 Å². The second kappa shape index (κ2) is 5.67. The third kappa shape index (κ3) is 2.90. The molecule has 1 aromatic heterocycles. The molecule has 0 spiro atoms. The molecule has 0 unspecified atom stereocenters. The molecule has 1 fully saturated rings. The quantitative estimate of drug-likeness (QED) is 0.845. The van der Waals surface area contributed by atoms with E-state index in [-0.39, 0.29) is 11.9 Å². The summed E-state index contributed by atoms with van der Waals surface area (Å²) in [6, 6.07) is 0.0403. The van der Waals surface area contributed by atoms with Crippen LogP contribution < -0.4 is 0 Å². The van der Waals surface area contributed by atoms with Crippen LogP contribution in [0.2, 0.25) is 0 Å². The van der Waals surface area contributed by atoms with Gasteiger partial charge in [-0.15, -0.1) is 0 Å². The Labute approximate surface area is 125 Å². The molecule has 6 heteroatoms. The molecule has 1 saturated carbocycles. The first-order valence-electron chi connectivity index (χ1n) is 7.59. The Kier molecular flexibility index (Phi) is 3.89. The summed E-state index contributed by atoms with van der Waals surface area (Å²) in [6.45, 7) is 2.99. The smallest absolute Gasteiger partial charge is 0.319 e. The molecule has 0 saturated heterocycles. The molecule has 0 N–H and O–H groups in total. The first kappa shape index (κ1) is 14.4. The van der Waals surface area contributed by atoms with Crippen molar-refractivity contribution in [2.75, 3.05) is 34.4 Å².